The molecule has 108 valence electrons. The summed E-state index contributed by atoms with van der Waals surface area (Å²) < 4.78 is 0. The molecule has 0 radical (unpaired) electrons. The van der Waals surface area contributed by atoms with Crippen molar-refractivity contribution in [2.75, 3.05) is 25.0 Å². The summed E-state index contributed by atoms with van der Waals surface area (Å²) >= 11 is 0. The van der Waals surface area contributed by atoms with Gasteiger partial charge in [-0.15, -0.1) is 10.2 Å². The number of hydrogen-bond donors (Lipinski definition) is 3. The molecular formula is C14H21N5O. The molecule has 2 fully saturated rings. The molecule has 1 atom stereocenters. The van der Waals surface area contributed by atoms with Gasteiger partial charge in [0.05, 0.1) is 0 Å². The van der Waals surface area contributed by atoms with Crippen LogP contribution < -0.4 is 16.0 Å². The van der Waals surface area contributed by atoms with Crippen molar-refractivity contribution in [2.45, 2.75) is 31.7 Å². The van der Waals surface area contributed by atoms with Crippen molar-refractivity contribution in [1.29, 1.82) is 0 Å². The van der Waals surface area contributed by atoms with E-state index in [2.05, 4.69) is 26.1 Å². The Kier molecular flexibility index (Phi) is 4.11. The second kappa shape index (κ2) is 6.17. The van der Waals surface area contributed by atoms with Gasteiger partial charge in [0.25, 0.3) is 5.91 Å². The van der Waals surface area contributed by atoms with Crippen LogP contribution in [0.15, 0.2) is 12.1 Å². The van der Waals surface area contributed by atoms with Crippen molar-refractivity contribution in [3.63, 3.8) is 0 Å². The summed E-state index contributed by atoms with van der Waals surface area (Å²) in [4.78, 5) is 11.9. The van der Waals surface area contributed by atoms with Gasteiger partial charge in [-0.2, -0.15) is 0 Å². The lowest BCUT2D eigenvalue weighted by molar-refractivity contribution is 0.0946. The second-order valence-corrected chi connectivity index (χ2v) is 5.63. The first-order chi connectivity index (χ1) is 9.81. The average Bonchev–Trinajstić information content (AvgIpc) is 3.15. The molecule has 1 aliphatic carbocycles. The highest BCUT2D eigenvalue weighted by atomic mass is 16.1. The van der Waals surface area contributed by atoms with Gasteiger partial charge in [-0.1, -0.05) is 12.8 Å². The van der Waals surface area contributed by atoms with Gasteiger partial charge in [0.15, 0.2) is 5.69 Å². The summed E-state index contributed by atoms with van der Waals surface area (Å²) in [5.74, 6) is 1.42. The molecule has 3 rings (SSSR count). The Bertz CT molecular complexity index is 451. The van der Waals surface area contributed by atoms with E-state index < -0.39 is 0 Å². The third-order valence-electron chi connectivity index (χ3n) is 3.84. The summed E-state index contributed by atoms with van der Waals surface area (Å²) in [6.45, 7) is 2.72. The van der Waals surface area contributed by atoms with E-state index in [9.17, 15) is 4.79 Å². The Balaban J connectivity index is 1.47. The number of rotatable bonds is 6. The summed E-state index contributed by atoms with van der Waals surface area (Å²) in [6.07, 6.45) is 4.79. The molecule has 1 saturated heterocycles. The number of nitrogens with zero attached hydrogens (tertiary/aromatic N) is 2. The summed E-state index contributed by atoms with van der Waals surface area (Å²) in [5, 5.41) is 17.5. The molecule has 0 spiro atoms. The average molecular weight is 275 g/mol. The van der Waals surface area contributed by atoms with Crippen molar-refractivity contribution in [2.24, 2.45) is 5.92 Å². The smallest absolute Gasteiger partial charge is 0.271 e. The van der Waals surface area contributed by atoms with Gasteiger partial charge in [-0.25, -0.2) is 0 Å². The molecule has 6 heteroatoms. The van der Waals surface area contributed by atoms with Crippen LogP contribution in [0, 0.1) is 5.92 Å². The SMILES string of the molecule is O=C(NCCC1CC1)c1ccc(NC2CCNC2)nn1. The van der Waals surface area contributed by atoms with Gasteiger partial charge in [0, 0.05) is 19.1 Å². The van der Waals surface area contributed by atoms with Crippen molar-refractivity contribution in [3.8, 4) is 0 Å². The minimum atomic E-state index is -0.132. The number of carbonyl (C=O) groups is 1. The monoisotopic (exact) mass is 275 g/mol. The van der Waals surface area contributed by atoms with Crippen LogP contribution in [0.25, 0.3) is 0 Å². The van der Waals surface area contributed by atoms with Gasteiger partial charge in [-0.05, 0) is 37.4 Å². The number of nitrogens with one attached hydrogen (secondary N) is 3. The zero-order valence-electron chi connectivity index (χ0n) is 11.6. The van der Waals surface area contributed by atoms with E-state index in [4.69, 9.17) is 0 Å². The third-order valence-corrected chi connectivity index (χ3v) is 3.84. The molecule has 6 nitrogen and oxygen atoms in total. The summed E-state index contributed by atoms with van der Waals surface area (Å²) in [6, 6.07) is 3.95. The van der Waals surface area contributed by atoms with Crippen LogP contribution in [0.2, 0.25) is 0 Å². The molecular weight excluding hydrogens is 254 g/mol. The summed E-state index contributed by atoms with van der Waals surface area (Å²) in [7, 11) is 0. The van der Waals surface area contributed by atoms with Crippen LogP contribution in [-0.2, 0) is 0 Å². The molecule has 1 aliphatic heterocycles. The first-order valence-electron chi connectivity index (χ1n) is 7.40. The lowest BCUT2D eigenvalue weighted by atomic mass is 10.2. The predicted molar refractivity (Wildman–Crippen MR) is 76.6 cm³/mol. The Morgan fingerprint density at radius 3 is 2.85 bits per heavy atom. The fraction of sp³-hybridized carbons (Fsp3) is 0.643. The van der Waals surface area contributed by atoms with E-state index in [1.807, 2.05) is 6.07 Å². The minimum Gasteiger partial charge on any atom is -0.365 e. The van der Waals surface area contributed by atoms with Crippen LogP contribution in [0.5, 0.6) is 0 Å². The highest BCUT2D eigenvalue weighted by molar-refractivity contribution is 5.92. The Labute approximate surface area is 118 Å². The maximum Gasteiger partial charge on any atom is 0.271 e. The highest BCUT2D eigenvalue weighted by Crippen LogP contribution is 2.31. The van der Waals surface area contributed by atoms with E-state index in [0.29, 0.717) is 11.7 Å². The van der Waals surface area contributed by atoms with Crippen molar-refractivity contribution < 1.29 is 4.79 Å². The van der Waals surface area contributed by atoms with Crippen molar-refractivity contribution >= 4 is 11.7 Å². The maximum absolute atomic E-state index is 11.9. The van der Waals surface area contributed by atoms with Gasteiger partial charge in [0.2, 0.25) is 0 Å². The number of amides is 1. The maximum atomic E-state index is 11.9. The number of hydrogen-bond acceptors (Lipinski definition) is 5. The Morgan fingerprint density at radius 1 is 1.30 bits per heavy atom. The van der Waals surface area contributed by atoms with Crippen molar-refractivity contribution in [3.05, 3.63) is 17.8 Å². The number of anilines is 1. The lowest BCUT2D eigenvalue weighted by Gasteiger charge is -2.11. The molecule has 2 heterocycles. The van der Waals surface area contributed by atoms with E-state index >= 15 is 0 Å². The van der Waals surface area contributed by atoms with Gasteiger partial charge >= 0.3 is 0 Å². The van der Waals surface area contributed by atoms with Crippen LogP contribution in [0.4, 0.5) is 5.82 Å². The van der Waals surface area contributed by atoms with Gasteiger partial charge < -0.3 is 16.0 Å². The van der Waals surface area contributed by atoms with E-state index in [1.165, 1.54) is 12.8 Å². The van der Waals surface area contributed by atoms with Crippen LogP contribution in [0.1, 0.15) is 36.2 Å². The lowest BCUT2D eigenvalue weighted by Crippen LogP contribution is -2.26. The normalized spacial score (nSPS) is 21.7. The molecule has 20 heavy (non-hydrogen) atoms. The standard InChI is InChI=1S/C14H21N5O/c20-14(16-8-5-10-1-2-10)12-3-4-13(19-18-12)17-11-6-7-15-9-11/h3-4,10-11,15H,1-2,5-9H2,(H,16,20)(H,17,19). The van der Waals surface area contributed by atoms with Gasteiger partial charge in [0.1, 0.15) is 5.82 Å². The molecule has 0 bridgehead atoms. The van der Waals surface area contributed by atoms with Crippen molar-refractivity contribution in [1.82, 2.24) is 20.8 Å². The first-order valence-corrected chi connectivity index (χ1v) is 7.40. The second-order valence-electron chi connectivity index (χ2n) is 5.63. The minimum absolute atomic E-state index is 0.132. The quantitative estimate of drug-likeness (QED) is 0.715. The first kappa shape index (κ1) is 13.3. The van der Waals surface area contributed by atoms with Gasteiger partial charge in [-0.3, -0.25) is 4.79 Å². The molecule has 2 aliphatic rings. The van der Waals surface area contributed by atoms with Crippen LogP contribution >= 0.6 is 0 Å². The molecule has 0 aromatic carbocycles. The third kappa shape index (κ3) is 3.66. The molecule has 3 N–H and O–H groups in total. The Morgan fingerprint density at radius 2 is 2.20 bits per heavy atom. The van der Waals surface area contributed by atoms with E-state index in [0.717, 1.165) is 44.2 Å². The fourth-order valence-electron chi connectivity index (χ4n) is 2.40. The Hall–Kier alpha value is -1.69. The predicted octanol–water partition coefficient (Wildman–Crippen LogP) is 0.780. The molecule has 1 aromatic heterocycles. The molecule has 1 saturated carbocycles. The molecule has 1 amide bonds. The largest absolute Gasteiger partial charge is 0.365 e. The van der Waals surface area contributed by atoms with Crippen LogP contribution in [-0.4, -0.2) is 41.8 Å². The zero-order valence-corrected chi connectivity index (χ0v) is 11.6. The topological polar surface area (TPSA) is 78.9 Å². The fourth-order valence-corrected chi connectivity index (χ4v) is 2.40. The van der Waals surface area contributed by atoms with E-state index in [1.54, 1.807) is 6.07 Å². The zero-order chi connectivity index (χ0) is 13.8. The van der Waals surface area contributed by atoms with E-state index in [-0.39, 0.29) is 5.91 Å². The number of aromatic nitrogens is 2. The van der Waals surface area contributed by atoms with Crippen LogP contribution in [0.3, 0.4) is 0 Å². The number of carbonyl (C=O) groups excluding carboxylic acids is 1. The summed E-state index contributed by atoms with van der Waals surface area (Å²) in [5.41, 5.74) is 0.385. The molecule has 1 aromatic rings. The highest BCUT2D eigenvalue weighted by Gasteiger charge is 2.21. The molecule has 1 unspecified atom stereocenters.